The van der Waals surface area contributed by atoms with Gasteiger partial charge < -0.3 is 35.4 Å². The maximum Gasteiger partial charge on any atom is 0.306 e. The van der Waals surface area contributed by atoms with Crippen molar-refractivity contribution in [2.24, 2.45) is 0 Å². The third-order valence-electron chi connectivity index (χ3n) is 15.8. The van der Waals surface area contributed by atoms with Crippen LogP contribution in [-0.2, 0) is 38.3 Å². The monoisotopic (exact) mass is 1330 g/mol. The fraction of sp³-hybridized carbons (Fsp3) is 0.911. The van der Waals surface area contributed by atoms with Crippen LogP contribution in [0.4, 0.5) is 0 Å². The van der Waals surface area contributed by atoms with Gasteiger partial charge in [0.2, 0.25) is 0 Å². The van der Waals surface area contributed by atoms with E-state index in [4.69, 9.17) is 35.4 Å². The molecule has 0 aromatic rings. The maximum atomic E-state index is 11.3. The van der Waals surface area contributed by atoms with E-state index >= 15 is 0 Å². The molecule has 0 amide bonds. The van der Waals surface area contributed by atoms with Gasteiger partial charge in [-0.2, -0.15) is 0 Å². The van der Waals surface area contributed by atoms with Crippen LogP contribution in [0.25, 0.3) is 0 Å². The first-order chi connectivity index (χ1) is 44.8. The van der Waals surface area contributed by atoms with E-state index in [1.807, 2.05) is 13.8 Å². The lowest BCUT2D eigenvalue weighted by atomic mass is 10.0. The number of hydrogen-bond donors (Lipinski definition) is 6. The molecule has 558 valence electrons. The number of carboxylic acid groups (broad SMARTS) is 6. The molecule has 0 heterocycles. The number of rotatable bonds is 63. The van der Waals surface area contributed by atoms with E-state index < -0.39 is 35.8 Å². The number of unbranched alkanes of at least 4 members (excludes halogenated alkanes) is 48. The first-order valence-corrected chi connectivity index (χ1v) is 39.3. The van der Waals surface area contributed by atoms with E-state index in [9.17, 15) is 33.6 Å². The minimum absolute atomic E-state index is 0.0273. The molecule has 0 saturated heterocycles. The van der Waals surface area contributed by atoms with Crippen molar-refractivity contribution in [3.05, 3.63) is 0 Å². The van der Waals surface area contributed by atoms with Gasteiger partial charge in [-0.05, 0) is 58.8 Å². The van der Waals surface area contributed by atoms with E-state index in [0.29, 0.717) is 44.9 Å². The van der Waals surface area contributed by atoms with Gasteiger partial charge in [0, 0.05) is 44.9 Å². The van der Waals surface area contributed by atoms with E-state index in [-0.39, 0.29) is 12.1 Å². The Morgan fingerprint density at radius 1 is 0.194 bits per heavy atom. The average Bonchev–Trinajstić information content (AvgIpc) is 3.56. The van der Waals surface area contributed by atoms with E-state index in [1.165, 1.54) is 270 Å². The van der Waals surface area contributed by atoms with Gasteiger partial charge in [-0.15, -0.1) is 0 Å². The normalized spacial score (nSPS) is 10.3. The molecule has 0 atom stereocenters. The van der Waals surface area contributed by atoms with Crippen LogP contribution >= 0.6 is 0 Å². The maximum absolute atomic E-state index is 11.3. The molecule has 0 aromatic heterocycles. The summed E-state index contributed by atoms with van der Waals surface area (Å²) in [5, 5.41) is 50.1. The second-order valence-corrected chi connectivity index (χ2v) is 26.1. The van der Waals surface area contributed by atoms with Crippen molar-refractivity contribution in [3.63, 3.8) is 0 Å². The highest BCUT2D eigenvalue weighted by atomic mass is 16.5. The molecule has 93 heavy (non-hydrogen) atoms. The molecule has 14 nitrogen and oxygen atoms in total. The summed E-state index contributed by atoms with van der Waals surface area (Å²) < 4.78 is 5.12. The Morgan fingerprint density at radius 2 is 0.301 bits per heavy atom. The van der Waals surface area contributed by atoms with E-state index in [0.717, 1.165) is 83.5 Å². The van der Waals surface area contributed by atoms with Gasteiger partial charge in [0.15, 0.2) is 0 Å². The zero-order valence-corrected chi connectivity index (χ0v) is 62.9. The molecule has 0 unspecified atom stereocenters. The van der Waals surface area contributed by atoms with Gasteiger partial charge in [0.25, 0.3) is 0 Å². The van der Waals surface area contributed by atoms with Crippen LogP contribution < -0.4 is 0 Å². The first kappa shape index (κ1) is 103. The van der Waals surface area contributed by atoms with Crippen LogP contribution in [-0.4, -0.2) is 78.5 Å². The Morgan fingerprint density at radius 3 is 0.409 bits per heavy atom. The van der Waals surface area contributed by atoms with Crippen molar-refractivity contribution in [2.75, 3.05) is 0 Å². The molecule has 0 spiro atoms. The molecule has 14 heteroatoms. The minimum Gasteiger partial charge on any atom is -0.481 e. The molecular formula is C79H158O14. The van der Waals surface area contributed by atoms with Crippen molar-refractivity contribution in [1.29, 1.82) is 0 Å². The number of carbonyl (C=O) groups is 7. The Labute approximate surface area is 574 Å². The van der Waals surface area contributed by atoms with Gasteiger partial charge in [-0.3, -0.25) is 33.6 Å². The number of ether oxygens (including phenoxy) is 1. The molecular weight excluding hydrogens is 1170 g/mol. The van der Waals surface area contributed by atoms with Crippen LogP contribution in [0, 0.1) is 0 Å². The Balaban J connectivity index is -0.000000188. The average molecular weight is 1330 g/mol. The summed E-state index contributed by atoms with van der Waals surface area (Å²) in [6.45, 7) is 19.3. The van der Waals surface area contributed by atoms with Crippen LogP contribution in [0.5, 0.6) is 0 Å². The zero-order valence-electron chi connectivity index (χ0n) is 62.9. The second kappa shape index (κ2) is 97.0. The highest BCUT2D eigenvalue weighted by Crippen LogP contribution is 2.16. The summed E-state index contributed by atoms with van der Waals surface area (Å²) in [4.78, 5) is 72.1. The largest absolute Gasteiger partial charge is 0.481 e. The lowest BCUT2D eigenvalue weighted by Gasteiger charge is -2.07. The fourth-order valence-electron chi connectivity index (χ4n) is 10.0. The molecule has 0 bridgehead atoms. The second-order valence-electron chi connectivity index (χ2n) is 26.1. The van der Waals surface area contributed by atoms with E-state index in [1.54, 1.807) is 0 Å². The molecule has 0 fully saturated rings. The quantitative estimate of drug-likeness (QED) is 0.0245. The third kappa shape index (κ3) is 137. The summed E-state index contributed by atoms with van der Waals surface area (Å²) in [7, 11) is 0. The highest BCUT2D eigenvalue weighted by Gasteiger charge is 2.05. The molecule has 0 rings (SSSR count). The molecule has 6 N–H and O–H groups in total. The van der Waals surface area contributed by atoms with Crippen molar-refractivity contribution < 1.29 is 68.9 Å². The van der Waals surface area contributed by atoms with E-state index in [2.05, 4.69) is 48.5 Å². The lowest BCUT2D eigenvalue weighted by Crippen LogP contribution is -2.10. The van der Waals surface area contributed by atoms with Gasteiger partial charge in [-0.1, -0.05) is 357 Å². The summed E-state index contributed by atoms with van der Waals surface area (Å²) in [5.41, 5.74) is 0. The van der Waals surface area contributed by atoms with Crippen LogP contribution in [0.3, 0.4) is 0 Å². The number of hydrogen-bond acceptors (Lipinski definition) is 8. The molecule has 0 aliphatic heterocycles. The van der Waals surface area contributed by atoms with Crippen LogP contribution in [0.1, 0.15) is 460 Å². The summed E-state index contributed by atoms with van der Waals surface area (Å²) in [6.07, 6.45) is 69.9. The van der Waals surface area contributed by atoms with Crippen molar-refractivity contribution >= 4 is 41.8 Å². The fourth-order valence-corrected chi connectivity index (χ4v) is 10.0. The highest BCUT2D eigenvalue weighted by molar-refractivity contribution is 5.69. The Bertz CT molecular complexity index is 1270. The molecule has 0 aliphatic rings. The number of aliphatic carboxylic acids is 6. The summed E-state index contributed by atoms with van der Waals surface area (Å²) in [6, 6.07) is 0. The van der Waals surface area contributed by atoms with Gasteiger partial charge >= 0.3 is 41.8 Å². The number of carboxylic acids is 6. The smallest absolute Gasteiger partial charge is 0.306 e. The predicted octanol–water partition coefficient (Wildman–Crippen LogP) is 25.7. The molecule has 0 radical (unpaired) electrons. The summed E-state index contributed by atoms with van der Waals surface area (Å²) >= 11 is 0. The minimum atomic E-state index is -0.663. The Hall–Kier alpha value is -3.71. The standard InChI is InChI=1S/C19H38O2.6C10H20O2/c1-4-5-6-7-8-9-10-11-12-13-14-15-16-17-19(20)21-18(2)3;6*1-2-3-4-5-6-7-8-9-10(11)12/h18H,4-17H2,1-3H3;6*2-9H2,1H3,(H,11,12). The molecule has 0 aromatic carbocycles. The van der Waals surface area contributed by atoms with Gasteiger partial charge in [0.05, 0.1) is 6.10 Å². The van der Waals surface area contributed by atoms with Gasteiger partial charge in [-0.25, -0.2) is 0 Å². The van der Waals surface area contributed by atoms with Crippen LogP contribution in [0.2, 0.25) is 0 Å². The molecule has 0 aliphatic carbocycles. The number of esters is 1. The number of carbonyl (C=O) groups excluding carboxylic acids is 1. The lowest BCUT2D eigenvalue weighted by molar-refractivity contribution is -0.147. The zero-order chi connectivity index (χ0) is 71.2. The third-order valence-corrected chi connectivity index (χ3v) is 15.8. The summed E-state index contributed by atoms with van der Waals surface area (Å²) in [5.74, 6) is -4.01. The van der Waals surface area contributed by atoms with Crippen molar-refractivity contribution in [2.45, 2.75) is 467 Å². The Kier molecular flexibility index (Phi) is 107. The molecule has 0 saturated carbocycles. The first-order valence-electron chi connectivity index (χ1n) is 39.3. The van der Waals surface area contributed by atoms with Crippen LogP contribution in [0.15, 0.2) is 0 Å². The topological polar surface area (TPSA) is 250 Å². The van der Waals surface area contributed by atoms with Crippen molar-refractivity contribution in [1.82, 2.24) is 0 Å². The van der Waals surface area contributed by atoms with Crippen molar-refractivity contribution in [3.8, 4) is 0 Å². The predicted molar refractivity (Wildman–Crippen MR) is 393 cm³/mol. The van der Waals surface area contributed by atoms with Gasteiger partial charge in [0.1, 0.15) is 0 Å². The SMILES string of the molecule is CCCCCCCCCC(=O)O.CCCCCCCCCC(=O)O.CCCCCCCCCC(=O)O.CCCCCCCCCC(=O)O.CCCCCCCCCC(=O)O.CCCCCCCCCC(=O)O.CCCCCCCCCCCCCCCC(=O)OC(C)C.